The Balaban J connectivity index is 1.59. The molecule has 1 saturated carbocycles. The first-order valence-electron chi connectivity index (χ1n) is 7.36. The first kappa shape index (κ1) is 13.4. The summed E-state index contributed by atoms with van der Waals surface area (Å²) in [6.07, 6.45) is 4.76. The van der Waals surface area contributed by atoms with E-state index in [-0.39, 0.29) is 18.5 Å². The van der Waals surface area contributed by atoms with Gasteiger partial charge in [0.25, 0.3) is 0 Å². The Labute approximate surface area is 118 Å². The lowest BCUT2D eigenvalue weighted by molar-refractivity contribution is 0.0206. The molecule has 0 amide bonds. The standard InChI is InChI=1S/C17H20O3/c1-12-6-8-14(9-7-12)19-11-15(18)17-10-13-4-2-3-5-16(13)20-17/h2-5,10,12,14H,6-9,11H2,1H3. The van der Waals surface area contributed by atoms with Crippen molar-refractivity contribution in [3.8, 4) is 0 Å². The van der Waals surface area contributed by atoms with Crippen molar-refractivity contribution in [1.82, 2.24) is 0 Å². The molecule has 1 fully saturated rings. The quantitative estimate of drug-likeness (QED) is 0.783. The van der Waals surface area contributed by atoms with Crippen LogP contribution in [0.15, 0.2) is 34.7 Å². The summed E-state index contributed by atoms with van der Waals surface area (Å²) < 4.78 is 11.3. The molecule has 3 rings (SSSR count). The van der Waals surface area contributed by atoms with E-state index in [1.807, 2.05) is 24.3 Å². The SMILES string of the molecule is CC1CCC(OCC(=O)c2cc3ccccc3o2)CC1. The summed E-state index contributed by atoms with van der Waals surface area (Å²) in [7, 11) is 0. The van der Waals surface area contributed by atoms with Gasteiger partial charge in [-0.15, -0.1) is 0 Å². The summed E-state index contributed by atoms with van der Waals surface area (Å²) in [6, 6.07) is 9.45. The smallest absolute Gasteiger partial charge is 0.223 e. The highest BCUT2D eigenvalue weighted by molar-refractivity contribution is 5.98. The van der Waals surface area contributed by atoms with E-state index in [2.05, 4.69) is 6.92 Å². The number of Topliss-reactive ketones (excluding diaryl/α,β-unsaturated/α-hetero) is 1. The largest absolute Gasteiger partial charge is 0.453 e. The minimum absolute atomic E-state index is 0.0696. The van der Waals surface area contributed by atoms with Gasteiger partial charge in [-0.25, -0.2) is 0 Å². The molecule has 0 N–H and O–H groups in total. The molecule has 0 aliphatic heterocycles. The molecule has 0 bridgehead atoms. The van der Waals surface area contributed by atoms with Gasteiger partial charge in [0.15, 0.2) is 5.76 Å². The molecule has 0 spiro atoms. The predicted molar refractivity (Wildman–Crippen MR) is 77.9 cm³/mol. The van der Waals surface area contributed by atoms with E-state index < -0.39 is 0 Å². The van der Waals surface area contributed by atoms with Gasteiger partial charge in [0, 0.05) is 5.39 Å². The first-order valence-corrected chi connectivity index (χ1v) is 7.36. The summed E-state index contributed by atoms with van der Waals surface area (Å²) in [5, 5.41) is 0.961. The summed E-state index contributed by atoms with van der Waals surface area (Å²) in [4.78, 5) is 12.1. The lowest BCUT2D eigenvalue weighted by Crippen LogP contribution is -2.23. The number of hydrogen-bond donors (Lipinski definition) is 0. The number of fused-ring (bicyclic) bond motifs is 1. The molecule has 1 aliphatic carbocycles. The van der Waals surface area contributed by atoms with Crippen LogP contribution in [0.4, 0.5) is 0 Å². The molecule has 1 aromatic heterocycles. The maximum atomic E-state index is 12.1. The van der Waals surface area contributed by atoms with E-state index in [1.54, 1.807) is 6.07 Å². The third kappa shape index (κ3) is 2.93. The van der Waals surface area contributed by atoms with Crippen LogP contribution in [-0.4, -0.2) is 18.5 Å². The highest BCUT2D eigenvalue weighted by Crippen LogP contribution is 2.26. The molecule has 2 aromatic rings. The normalized spacial score (nSPS) is 23.1. The van der Waals surface area contributed by atoms with Gasteiger partial charge < -0.3 is 9.15 Å². The Bertz CT molecular complexity index is 558. The number of carbonyl (C=O) groups is 1. The van der Waals surface area contributed by atoms with Crippen LogP contribution < -0.4 is 0 Å². The van der Waals surface area contributed by atoms with Crippen molar-refractivity contribution >= 4 is 16.8 Å². The maximum absolute atomic E-state index is 12.1. The van der Waals surface area contributed by atoms with Crippen molar-refractivity contribution in [2.24, 2.45) is 5.92 Å². The van der Waals surface area contributed by atoms with Crippen LogP contribution in [-0.2, 0) is 4.74 Å². The number of benzene rings is 1. The molecular weight excluding hydrogens is 252 g/mol. The number of para-hydroxylation sites is 1. The number of furan rings is 1. The molecule has 3 heteroatoms. The number of ether oxygens (including phenoxy) is 1. The van der Waals surface area contributed by atoms with Crippen LogP contribution in [0.1, 0.15) is 43.2 Å². The topological polar surface area (TPSA) is 39.4 Å². The van der Waals surface area contributed by atoms with Crippen LogP contribution in [0.2, 0.25) is 0 Å². The van der Waals surface area contributed by atoms with E-state index in [4.69, 9.17) is 9.15 Å². The number of ketones is 1. The van der Waals surface area contributed by atoms with Crippen LogP contribution in [0.25, 0.3) is 11.0 Å². The van der Waals surface area contributed by atoms with E-state index in [1.165, 1.54) is 12.8 Å². The summed E-state index contributed by atoms with van der Waals surface area (Å²) >= 11 is 0. The van der Waals surface area contributed by atoms with Crippen molar-refractivity contribution in [1.29, 1.82) is 0 Å². The third-order valence-corrected chi connectivity index (χ3v) is 4.11. The average molecular weight is 272 g/mol. The van der Waals surface area contributed by atoms with Crippen LogP contribution in [0.3, 0.4) is 0 Å². The number of carbonyl (C=O) groups excluding carboxylic acids is 1. The molecule has 1 aromatic carbocycles. The molecule has 0 radical (unpaired) electrons. The van der Waals surface area contributed by atoms with Gasteiger partial charge in [0.2, 0.25) is 5.78 Å². The molecule has 0 saturated heterocycles. The first-order chi connectivity index (χ1) is 9.72. The Morgan fingerprint density at radius 3 is 2.75 bits per heavy atom. The molecular formula is C17H20O3. The average Bonchev–Trinajstić information content (AvgIpc) is 2.90. The highest BCUT2D eigenvalue weighted by atomic mass is 16.5. The van der Waals surface area contributed by atoms with Gasteiger partial charge in [0.1, 0.15) is 12.2 Å². The second kappa shape index (κ2) is 5.80. The second-order valence-electron chi connectivity index (χ2n) is 5.76. The van der Waals surface area contributed by atoms with Crippen LogP contribution in [0, 0.1) is 5.92 Å². The van der Waals surface area contributed by atoms with E-state index >= 15 is 0 Å². The van der Waals surface area contributed by atoms with Gasteiger partial charge in [-0.2, -0.15) is 0 Å². The molecule has 0 atom stereocenters. The lowest BCUT2D eigenvalue weighted by Gasteiger charge is -2.25. The summed E-state index contributed by atoms with van der Waals surface area (Å²) in [6.45, 7) is 2.40. The van der Waals surface area contributed by atoms with Gasteiger partial charge in [-0.1, -0.05) is 25.1 Å². The van der Waals surface area contributed by atoms with Crippen molar-refractivity contribution in [2.75, 3.05) is 6.61 Å². The number of rotatable bonds is 4. The van der Waals surface area contributed by atoms with E-state index in [9.17, 15) is 4.79 Å². The Morgan fingerprint density at radius 2 is 2.00 bits per heavy atom. The fourth-order valence-corrected chi connectivity index (χ4v) is 2.78. The zero-order valence-electron chi connectivity index (χ0n) is 11.8. The van der Waals surface area contributed by atoms with Crippen molar-refractivity contribution in [2.45, 2.75) is 38.7 Å². The van der Waals surface area contributed by atoms with Crippen molar-refractivity contribution in [3.05, 3.63) is 36.1 Å². The number of hydrogen-bond acceptors (Lipinski definition) is 3. The van der Waals surface area contributed by atoms with Crippen molar-refractivity contribution in [3.63, 3.8) is 0 Å². The molecule has 0 unspecified atom stereocenters. The second-order valence-corrected chi connectivity index (χ2v) is 5.76. The molecule has 1 aliphatic rings. The van der Waals surface area contributed by atoms with Crippen LogP contribution in [0.5, 0.6) is 0 Å². The molecule has 106 valence electrons. The zero-order valence-corrected chi connectivity index (χ0v) is 11.8. The van der Waals surface area contributed by atoms with E-state index in [0.29, 0.717) is 5.76 Å². The zero-order chi connectivity index (χ0) is 13.9. The Hall–Kier alpha value is -1.61. The fourth-order valence-electron chi connectivity index (χ4n) is 2.78. The third-order valence-electron chi connectivity index (χ3n) is 4.11. The minimum atomic E-state index is -0.0696. The Kier molecular flexibility index (Phi) is 3.88. The molecule has 1 heterocycles. The van der Waals surface area contributed by atoms with E-state index in [0.717, 1.165) is 29.7 Å². The van der Waals surface area contributed by atoms with Gasteiger partial charge in [-0.3, -0.25) is 4.79 Å². The fraction of sp³-hybridized carbons (Fsp3) is 0.471. The van der Waals surface area contributed by atoms with Crippen LogP contribution >= 0.6 is 0 Å². The van der Waals surface area contributed by atoms with Gasteiger partial charge in [-0.05, 0) is 43.7 Å². The lowest BCUT2D eigenvalue weighted by atomic mass is 9.89. The van der Waals surface area contributed by atoms with Gasteiger partial charge in [0.05, 0.1) is 6.10 Å². The monoisotopic (exact) mass is 272 g/mol. The van der Waals surface area contributed by atoms with Gasteiger partial charge >= 0.3 is 0 Å². The highest BCUT2D eigenvalue weighted by Gasteiger charge is 2.20. The summed E-state index contributed by atoms with van der Waals surface area (Å²) in [5.74, 6) is 1.12. The minimum Gasteiger partial charge on any atom is -0.453 e. The van der Waals surface area contributed by atoms with Crippen molar-refractivity contribution < 1.29 is 13.9 Å². The Morgan fingerprint density at radius 1 is 1.25 bits per heavy atom. The predicted octanol–water partition coefficient (Wildman–Crippen LogP) is 4.21. The maximum Gasteiger partial charge on any atom is 0.223 e. The molecule has 3 nitrogen and oxygen atoms in total. The molecule has 20 heavy (non-hydrogen) atoms. The summed E-state index contributed by atoms with van der Waals surface area (Å²) in [5.41, 5.74) is 0.752.